The molecule has 3 fully saturated rings. The Labute approximate surface area is 160 Å². The predicted octanol–water partition coefficient (Wildman–Crippen LogP) is 2.16. The van der Waals surface area contributed by atoms with Crippen molar-refractivity contribution < 1.29 is 23.4 Å². The number of hydrogen-bond acceptors (Lipinski definition) is 5. The highest BCUT2D eigenvalue weighted by atomic mass is 19.3. The minimum absolute atomic E-state index is 0.122. The van der Waals surface area contributed by atoms with Crippen LogP contribution in [0, 0.1) is 0 Å². The maximum absolute atomic E-state index is 13.8. The van der Waals surface area contributed by atoms with Crippen molar-refractivity contribution in [3.05, 3.63) is 0 Å². The number of alkyl halides is 2. The molecule has 0 radical (unpaired) electrons. The van der Waals surface area contributed by atoms with Gasteiger partial charge in [0.25, 0.3) is 5.92 Å². The molecule has 0 saturated carbocycles. The largest absolute Gasteiger partial charge is 0.453 e. The van der Waals surface area contributed by atoms with Crippen LogP contribution in [-0.2, 0) is 4.74 Å². The maximum Gasteiger partial charge on any atom is 0.409 e. The Morgan fingerprint density at radius 3 is 2.26 bits per heavy atom. The molecule has 0 bridgehead atoms. The lowest BCUT2D eigenvalue weighted by Gasteiger charge is -2.48. The van der Waals surface area contributed by atoms with Gasteiger partial charge >= 0.3 is 6.09 Å². The number of likely N-dealkylation sites (tertiary alicyclic amines) is 3. The molecule has 3 atom stereocenters. The third kappa shape index (κ3) is 4.38. The lowest BCUT2D eigenvalue weighted by Crippen LogP contribution is -2.57. The summed E-state index contributed by atoms with van der Waals surface area (Å²) >= 11 is 0. The van der Waals surface area contributed by atoms with E-state index in [1.807, 2.05) is 9.80 Å². The Bertz CT molecular complexity index is 516. The van der Waals surface area contributed by atoms with Crippen molar-refractivity contribution in [1.29, 1.82) is 0 Å². The van der Waals surface area contributed by atoms with Crippen molar-refractivity contribution in [2.24, 2.45) is 0 Å². The standard InChI is InChI=1S/C19H33F2N3O3/c1-13-8-16(9-14(2)24(13)18(26)27-3)22-6-4-15(5-7-22)23-12-19(20,21)10-17(23)11-25/h13-17,25H,4-12H2,1-3H3/t13?,14?,16?,17-/m1/s1. The molecule has 6 nitrogen and oxygen atoms in total. The van der Waals surface area contributed by atoms with Gasteiger partial charge < -0.3 is 19.6 Å². The fraction of sp³-hybridized carbons (Fsp3) is 0.947. The van der Waals surface area contributed by atoms with E-state index in [9.17, 15) is 18.7 Å². The molecule has 0 aromatic heterocycles. The van der Waals surface area contributed by atoms with Gasteiger partial charge in [0.15, 0.2) is 0 Å². The van der Waals surface area contributed by atoms with Gasteiger partial charge in [0.05, 0.1) is 20.3 Å². The van der Waals surface area contributed by atoms with E-state index >= 15 is 0 Å². The molecule has 3 saturated heterocycles. The average Bonchev–Trinajstić information content (AvgIpc) is 2.95. The smallest absolute Gasteiger partial charge is 0.409 e. The molecule has 1 amide bonds. The fourth-order valence-electron chi connectivity index (χ4n) is 5.41. The van der Waals surface area contributed by atoms with Crippen molar-refractivity contribution in [3.63, 3.8) is 0 Å². The number of rotatable bonds is 3. The van der Waals surface area contributed by atoms with E-state index < -0.39 is 12.0 Å². The third-order valence-corrected chi connectivity index (χ3v) is 6.67. The van der Waals surface area contributed by atoms with Crippen LogP contribution in [0.15, 0.2) is 0 Å². The van der Waals surface area contributed by atoms with Crippen molar-refractivity contribution in [1.82, 2.24) is 14.7 Å². The third-order valence-electron chi connectivity index (χ3n) is 6.67. The molecule has 8 heteroatoms. The second kappa shape index (κ2) is 8.17. The van der Waals surface area contributed by atoms with E-state index in [0.29, 0.717) is 6.04 Å². The van der Waals surface area contributed by atoms with E-state index in [1.54, 1.807) is 0 Å². The number of amides is 1. The lowest BCUT2D eigenvalue weighted by molar-refractivity contribution is -0.00732. The normalized spacial score (nSPS) is 36.1. The molecular weight excluding hydrogens is 356 g/mol. The predicted molar refractivity (Wildman–Crippen MR) is 97.9 cm³/mol. The van der Waals surface area contributed by atoms with Crippen LogP contribution in [0.1, 0.15) is 46.0 Å². The summed E-state index contributed by atoms with van der Waals surface area (Å²) in [5, 5.41) is 9.48. The minimum atomic E-state index is -2.68. The van der Waals surface area contributed by atoms with Crippen LogP contribution in [0.2, 0.25) is 0 Å². The highest BCUT2D eigenvalue weighted by Crippen LogP contribution is 2.36. The van der Waals surface area contributed by atoms with Crippen LogP contribution in [-0.4, -0.2) is 95.4 Å². The van der Waals surface area contributed by atoms with Gasteiger partial charge in [-0.3, -0.25) is 4.90 Å². The van der Waals surface area contributed by atoms with Gasteiger partial charge in [0.1, 0.15) is 0 Å². The van der Waals surface area contributed by atoms with E-state index in [-0.39, 0.29) is 43.8 Å². The summed E-state index contributed by atoms with van der Waals surface area (Å²) in [6.07, 6.45) is 3.03. The van der Waals surface area contributed by atoms with Crippen molar-refractivity contribution in [2.75, 3.05) is 33.4 Å². The van der Waals surface area contributed by atoms with Gasteiger partial charge in [-0.2, -0.15) is 0 Å². The summed E-state index contributed by atoms with van der Waals surface area (Å²) in [5.74, 6) is -2.68. The number of hydrogen-bond donors (Lipinski definition) is 1. The zero-order valence-electron chi connectivity index (χ0n) is 16.6. The SMILES string of the molecule is COC(=O)N1C(C)CC(N2CCC(N3CC(F)(F)C[C@@H]3CO)CC2)CC1C. The first-order valence-corrected chi connectivity index (χ1v) is 10.1. The van der Waals surface area contributed by atoms with Crippen LogP contribution < -0.4 is 0 Å². The zero-order chi connectivity index (χ0) is 19.8. The zero-order valence-corrected chi connectivity index (χ0v) is 16.6. The summed E-state index contributed by atoms with van der Waals surface area (Å²) in [7, 11) is 1.42. The number of piperidine rings is 2. The lowest BCUT2D eigenvalue weighted by atomic mass is 9.90. The summed E-state index contributed by atoms with van der Waals surface area (Å²) < 4.78 is 32.4. The van der Waals surface area contributed by atoms with Crippen LogP contribution in [0.5, 0.6) is 0 Å². The number of ether oxygens (including phenoxy) is 1. The second-order valence-electron chi connectivity index (χ2n) is 8.54. The van der Waals surface area contributed by atoms with Crippen LogP contribution in [0.3, 0.4) is 0 Å². The topological polar surface area (TPSA) is 56.2 Å². The van der Waals surface area contributed by atoms with Crippen LogP contribution >= 0.6 is 0 Å². The quantitative estimate of drug-likeness (QED) is 0.802. The van der Waals surface area contributed by atoms with E-state index in [4.69, 9.17) is 4.74 Å². The molecule has 0 aliphatic carbocycles. The molecule has 2 unspecified atom stereocenters. The van der Waals surface area contributed by atoms with Gasteiger partial charge in [-0.15, -0.1) is 0 Å². The first-order chi connectivity index (χ1) is 12.8. The summed E-state index contributed by atoms with van der Waals surface area (Å²) in [5.41, 5.74) is 0. The van der Waals surface area contributed by atoms with Gasteiger partial charge in [-0.05, 0) is 52.6 Å². The Hall–Kier alpha value is -0.990. The molecule has 3 rings (SSSR count). The number of aliphatic hydroxyl groups excluding tert-OH is 1. The summed E-state index contributed by atoms with van der Waals surface area (Å²) in [6, 6.07) is 0.363. The molecule has 0 aromatic carbocycles. The first-order valence-electron chi connectivity index (χ1n) is 10.1. The average molecular weight is 389 g/mol. The second-order valence-corrected chi connectivity index (χ2v) is 8.54. The Balaban J connectivity index is 1.55. The van der Waals surface area contributed by atoms with Gasteiger partial charge in [-0.25, -0.2) is 13.6 Å². The molecular formula is C19H33F2N3O3. The number of carbonyl (C=O) groups excluding carboxylic acids is 1. The Morgan fingerprint density at radius 1 is 1.15 bits per heavy atom. The monoisotopic (exact) mass is 389 g/mol. The molecule has 1 N–H and O–H groups in total. The molecule has 3 heterocycles. The van der Waals surface area contributed by atoms with Gasteiger partial charge in [0.2, 0.25) is 0 Å². The number of methoxy groups -OCH3 is 1. The number of nitrogens with zero attached hydrogens (tertiary/aromatic N) is 3. The molecule has 0 aromatic rings. The summed E-state index contributed by atoms with van der Waals surface area (Å²) in [4.78, 5) is 18.1. The maximum atomic E-state index is 13.8. The van der Waals surface area contributed by atoms with Crippen LogP contribution in [0.25, 0.3) is 0 Å². The minimum Gasteiger partial charge on any atom is -0.453 e. The highest BCUT2D eigenvalue weighted by Gasteiger charge is 2.47. The number of halogens is 2. The fourth-order valence-corrected chi connectivity index (χ4v) is 5.41. The molecule has 3 aliphatic rings. The van der Waals surface area contributed by atoms with E-state index in [1.165, 1.54) is 7.11 Å². The molecule has 3 aliphatic heterocycles. The van der Waals surface area contributed by atoms with Crippen molar-refractivity contribution in [3.8, 4) is 0 Å². The highest BCUT2D eigenvalue weighted by molar-refractivity contribution is 5.68. The van der Waals surface area contributed by atoms with Crippen molar-refractivity contribution >= 4 is 6.09 Å². The van der Waals surface area contributed by atoms with E-state index in [2.05, 4.69) is 18.7 Å². The van der Waals surface area contributed by atoms with Gasteiger partial charge in [0, 0.05) is 36.6 Å². The van der Waals surface area contributed by atoms with Crippen LogP contribution in [0.4, 0.5) is 13.6 Å². The van der Waals surface area contributed by atoms with Gasteiger partial charge in [-0.1, -0.05) is 0 Å². The Kier molecular flexibility index (Phi) is 6.27. The molecule has 156 valence electrons. The Morgan fingerprint density at radius 2 is 1.74 bits per heavy atom. The first kappa shape index (κ1) is 20.7. The van der Waals surface area contributed by atoms with Crippen molar-refractivity contribution in [2.45, 2.75) is 82.1 Å². The molecule has 0 spiro atoms. The number of carbonyl (C=O) groups is 1. The molecule has 27 heavy (non-hydrogen) atoms. The summed E-state index contributed by atoms with van der Waals surface area (Å²) in [6.45, 7) is 5.46. The number of aliphatic hydroxyl groups is 1. The van der Waals surface area contributed by atoms with E-state index in [0.717, 1.165) is 38.8 Å².